The fraction of sp³-hybridized carbons (Fsp3) is 1.00. The van der Waals surface area contributed by atoms with E-state index in [9.17, 15) is 0 Å². The van der Waals surface area contributed by atoms with Gasteiger partial charge in [-0.3, -0.25) is 4.90 Å². The maximum Gasteiger partial charge on any atom is 0.0343 e. The van der Waals surface area contributed by atoms with E-state index in [0.29, 0.717) is 5.54 Å². The van der Waals surface area contributed by atoms with Gasteiger partial charge < -0.3 is 5.32 Å². The first-order valence-corrected chi connectivity index (χ1v) is 5.25. The molecule has 2 nitrogen and oxygen atoms in total. The van der Waals surface area contributed by atoms with Crippen LogP contribution in [0.5, 0.6) is 0 Å². The average molecular weight is 170 g/mol. The van der Waals surface area contributed by atoms with Crippen LogP contribution in [0.3, 0.4) is 0 Å². The highest BCUT2D eigenvalue weighted by Gasteiger charge is 2.40. The fourth-order valence-electron chi connectivity index (χ4n) is 2.34. The molecule has 1 spiro atoms. The van der Waals surface area contributed by atoms with Crippen LogP contribution < -0.4 is 5.32 Å². The van der Waals surface area contributed by atoms with E-state index in [1.165, 1.54) is 38.9 Å². The highest BCUT2D eigenvalue weighted by molar-refractivity contribution is 4.99. The van der Waals surface area contributed by atoms with Gasteiger partial charge in [-0.05, 0) is 39.4 Å². The molecule has 2 heteroatoms. The summed E-state index contributed by atoms with van der Waals surface area (Å²) in [5, 5.41) is 3.44. The second-order valence-corrected chi connectivity index (χ2v) is 3.68. The van der Waals surface area contributed by atoms with E-state index in [2.05, 4.69) is 17.3 Å². The first kappa shape index (κ1) is 10.0. The summed E-state index contributed by atoms with van der Waals surface area (Å²) in [5.41, 5.74) is 0.569. The molecule has 0 aliphatic carbocycles. The van der Waals surface area contributed by atoms with Crippen LogP contribution in [0.2, 0.25) is 0 Å². The second-order valence-electron chi connectivity index (χ2n) is 3.68. The van der Waals surface area contributed by atoms with Gasteiger partial charge in [0.2, 0.25) is 0 Å². The third-order valence-electron chi connectivity index (χ3n) is 3.17. The minimum atomic E-state index is 0.569. The van der Waals surface area contributed by atoms with Gasteiger partial charge >= 0.3 is 0 Å². The van der Waals surface area contributed by atoms with E-state index >= 15 is 0 Å². The molecule has 1 atom stereocenters. The Hall–Kier alpha value is -0.0800. The summed E-state index contributed by atoms with van der Waals surface area (Å²) >= 11 is 0. The van der Waals surface area contributed by atoms with Gasteiger partial charge in [-0.2, -0.15) is 0 Å². The van der Waals surface area contributed by atoms with Crippen LogP contribution in [0.15, 0.2) is 0 Å². The van der Waals surface area contributed by atoms with Gasteiger partial charge in [0.15, 0.2) is 0 Å². The number of hydrogen-bond donors (Lipinski definition) is 1. The molecule has 2 rings (SSSR count). The zero-order chi connectivity index (χ0) is 9.03. The summed E-state index contributed by atoms with van der Waals surface area (Å²) in [7, 11) is 2.26. The standard InChI is InChI=1S/C8H16N2.C2H6/c1-10-6-2-3-8(10)4-5-9-7-8;1-2/h9H,2-7H2,1H3;1-2H3. The summed E-state index contributed by atoms with van der Waals surface area (Å²) in [6, 6.07) is 0. The first-order valence-electron chi connectivity index (χ1n) is 5.25. The van der Waals surface area contributed by atoms with E-state index in [0.717, 1.165) is 0 Å². The summed E-state index contributed by atoms with van der Waals surface area (Å²) in [6.07, 6.45) is 4.18. The van der Waals surface area contributed by atoms with Gasteiger partial charge in [-0.25, -0.2) is 0 Å². The second kappa shape index (κ2) is 4.24. The van der Waals surface area contributed by atoms with Crippen LogP contribution in [0.4, 0.5) is 0 Å². The molecule has 2 aliphatic rings. The predicted molar refractivity (Wildman–Crippen MR) is 53.4 cm³/mol. The van der Waals surface area contributed by atoms with Gasteiger partial charge in [0, 0.05) is 12.1 Å². The van der Waals surface area contributed by atoms with Gasteiger partial charge in [-0.1, -0.05) is 13.8 Å². The van der Waals surface area contributed by atoms with Crippen LogP contribution in [0.25, 0.3) is 0 Å². The summed E-state index contributed by atoms with van der Waals surface area (Å²) in [6.45, 7) is 7.76. The molecule has 0 saturated carbocycles. The average Bonchev–Trinajstić information content (AvgIpc) is 2.70. The molecular formula is C10H22N2. The Kier molecular flexibility index (Phi) is 3.53. The molecule has 12 heavy (non-hydrogen) atoms. The van der Waals surface area contributed by atoms with Crippen molar-refractivity contribution >= 4 is 0 Å². The molecule has 0 aromatic rings. The number of rotatable bonds is 0. The molecule has 0 aromatic carbocycles. The molecule has 2 saturated heterocycles. The highest BCUT2D eigenvalue weighted by Crippen LogP contribution is 2.32. The van der Waals surface area contributed by atoms with Crippen molar-refractivity contribution < 1.29 is 0 Å². The van der Waals surface area contributed by atoms with E-state index in [4.69, 9.17) is 0 Å². The maximum absolute atomic E-state index is 3.44. The molecule has 1 N–H and O–H groups in total. The number of hydrogen-bond acceptors (Lipinski definition) is 2. The number of likely N-dealkylation sites (N-methyl/N-ethyl adjacent to an activating group) is 1. The molecule has 2 aliphatic heterocycles. The summed E-state index contributed by atoms with van der Waals surface area (Å²) in [4.78, 5) is 2.53. The minimum absolute atomic E-state index is 0.569. The Labute approximate surface area is 76.3 Å². The third kappa shape index (κ3) is 1.64. The minimum Gasteiger partial charge on any atom is -0.315 e. The van der Waals surface area contributed by atoms with Crippen LogP contribution in [-0.2, 0) is 0 Å². The fourth-order valence-corrected chi connectivity index (χ4v) is 2.34. The van der Waals surface area contributed by atoms with Crippen LogP contribution in [0.1, 0.15) is 33.1 Å². The molecule has 72 valence electrons. The number of likely N-dealkylation sites (tertiary alicyclic amines) is 1. The van der Waals surface area contributed by atoms with Crippen molar-refractivity contribution in [2.45, 2.75) is 38.6 Å². The van der Waals surface area contributed by atoms with Crippen LogP contribution in [0, 0.1) is 0 Å². The smallest absolute Gasteiger partial charge is 0.0343 e. The lowest BCUT2D eigenvalue weighted by atomic mass is 9.96. The largest absolute Gasteiger partial charge is 0.315 e. The van der Waals surface area contributed by atoms with E-state index in [-0.39, 0.29) is 0 Å². The SMILES string of the molecule is CC.CN1CCCC12CCNC2. The number of nitrogens with zero attached hydrogens (tertiary/aromatic N) is 1. The molecule has 2 fully saturated rings. The zero-order valence-electron chi connectivity index (χ0n) is 8.69. The molecule has 0 aromatic heterocycles. The van der Waals surface area contributed by atoms with E-state index in [1.807, 2.05) is 13.8 Å². The van der Waals surface area contributed by atoms with E-state index < -0.39 is 0 Å². The molecule has 0 bridgehead atoms. The van der Waals surface area contributed by atoms with Crippen molar-refractivity contribution in [3.8, 4) is 0 Å². The van der Waals surface area contributed by atoms with Crippen molar-refractivity contribution in [3.05, 3.63) is 0 Å². The van der Waals surface area contributed by atoms with Crippen molar-refractivity contribution in [3.63, 3.8) is 0 Å². The maximum atomic E-state index is 3.44. The third-order valence-corrected chi connectivity index (χ3v) is 3.17. The monoisotopic (exact) mass is 170 g/mol. The van der Waals surface area contributed by atoms with Crippen LogP contribution in [-0.4, -0.2) is 37.1 Å². The highest BCUT2D eigenvalue weighted by atomic mass is 15.2. The van der Waals surface area contributed by atoms with Gasteiger partial charge in [0.1, 0.15) is 0 Å². The van der Waals surface area contributed by atoms with Crippen molar-refractivity contribution in [2.24, 2.45) is 0 Å². The first-order chi connectivity index (χ1) is 5.83. The van der Waals surface area contributed by atoms with Gasteiger partial charge in [0.25, 0.3) is 0 Å². The molecule has 0 radical (unpaired) electrons. The number of nitrogens with one attached hydrogen (secondary N) is 1. The topological polar surface area (TPSA) is 15.3 Å². The molecule has 1 unspecified atom stereocenters. The van der Waals surface area contributed by atoms with Crippen molar-refractivity contribution in [1.82, 2.24) is 10.2 Å². The van der Waals surface area contributed by atoms with Gasteiger partial charge in [-0.15, -0.1) is 0 Å². The lowest BCUT2D eigenvalue weighted by Gasteiger charge is -2.30. The molecule has 2 heterocycles. The van der Waals surface area contributed by atoms with Crippen molar-refractivity contribution in [2.75, 3.05) is 26.7 Å². The van der Waals surface area contributed by atoms with Gasteiger partial charge in [0.05, 0.1) is 0 Å². The molecular weight excluding hydrogens is 148 g/mol. The lowest BCUT2D eigenvalue weighted by molar-refractivity contribution is 0.196. The Morgan fingerprint density at radius 1 is 1.25 bits per heavy atom. The summed E-state index contributed by atoms with van der Waals surface area (Å²) in [5.74, 6) is 0. The Morgan fingerprint density at radius 2 is 2.00 bits per heavy atom. The Morgan fingerprint density at radius 3 is 2.42 bits per heavy atom. The quantitative estimate of drug-likeness (QED) is 0.592. The lowest BCUT2D eigenvalue weighted by Crippen LogP contribution is -2.42. The Bertz CT molecular complexity index is 122. The van der Waals surface area contributed by atoms with Crippen LogP contribution >= 0.6 is 0 Å². The zero-order valence-corrected chi connectivity index (χ0v) is 8.69. The molecule has 0 amide bonds. The summed E-state index contributed by atoms with van der Waals surface area (Å²) < 4.78 is 0. The normalized spacial score (nSPS) is 35.2. The Balaban J connectivity index is 0.000000336. The predicted octanol–water partition coefficient (Wildman–Crippen LogP) is 1.47. The van der Waals surface area contributed by atoms with E-state index in [1.54, 1.807) is 0 Å². The van der Waals surface area contributed by atoms with Crippen molar-refractivity contribution in [1.29, 1.82) is 0 Å².